The van der Waals surface area contributed by atoms with Gasteiger partial charge in [0.1, 0.15) is 11.6 Å². The lowest BCUT2D eigenvalue weighted by atomic mass is 10.1. The Hall–Kier alpha value is -1.68. The second kappa shape index (κ2) is 5.78. The molecule has 0 saturated carbocycles. The highest BCUT2D eigenvalue weighted by Gasteiger charge is 2.03. The molecule has 0 aliphatic carbocycles. The second-order valence-electron chi connectivity index (χ2n) is 4.26. The van der Waals surface area contributed by atoms with Crippen molar-refractivity contribution in [1.82, 2.24) is 10.3 Å². The maximum atomic E-state index is 13.3. The van der Waals surface area contributed by atoms with Crippen LogP contribution in [0.4, 0.5) is 4.39 Å². The van der Waals surface area contributed by atoms with E-state index >= 15 is 0 Å². The Labute approximate surface area is 106 Å². The third kappa shape index (κ3) is 3.17. The number of hydrogen-bond donors (Lipinski definition) is 1. The zero-order chi connectivity index (χ0) is 13.0. The first kappa shape index (κ1) is 12.8. The van der Waals surface area contributed by atoms with Crippen molar-refractivity contribution in [1.29, 1.82) is 0 Å². The molecule has 2 aromatic rings. The van der Waals surface area contributed by atoms with Gasteiger partial charge in [-0.05, 0) is 24.1 Å². The van der Waals surface area contributed by atoms with E-state index in [2.05, 4.69) is 10.3 Å². The molecule has 2 rings (SSSR count). The average Bonchev–Trinajstić information content (AvgIpc) is 2.82. The molecule has 3 nitrogen and oxygen atoms in total. The fraction of sp³-hybridized carbons (Fsp3) is 0.357. The molecule has 4 heteroatoms. The summed E-state index contributed by atoms with van der Waals surface area (Å²) in [7, 11) is 0. The molecule has 0 aliphatic rings. The van der Waals surface area contributed by atoms with Gasteiger partial charge in [0.05, 0.1) is 12.7 Å². The summed E-state index contributed by atoms with van der Waals surface area (Å²) in [6.45, 7) is 4.93. The molecule has 1 heterocycles. The molecule has 18 heavy (non-hydrogen) atoms. The van der Waals surface area contributed by atoms with Gasteiger partial charge in [0.25, 0.3) is 0 Å². The van der Waals surface area contributed by atoms with Gasteiger partial charge in [-0.1, -0.05) is 19.1 Å². The Morgan fingerprint density at radius 1 is 1.33 bits per heavy atom. The van der Waals surface area contributed by atoms with Crippen molar-refractivity contribution in [3.05, 3.63) is 53.0 Å². The van der Waals surface area contributed by atoms with Crippen LogP contribution in [0.3, 0.4) is 0 Å². The van der Waals surface area contributed by atoms with Gasteiger partial charge in [-0.25, -0.2) is 9.37 Å². The maximum absolute atomic E-state index is 13.3. The summed E-state index contributed by atoms with van der Waals surface area (Å²) < 4.78 is 18.8. The van der Waals surface area contributed by atoms with Crippen molar-refractivity contribution in [3.8, 4) is 0 Å². The van der Waals surface area contributed by atoms with Gasteiger partial charge in [0.2, 0.25) is 5.89 Å². The number of halogens is 1. The SMILES string of the molecule is CCc1cnc(CNCc2ccc(C)c(F)c2)o1. The van der Waals surface area contributed by atoms with Crippen LogP contribution >= 0.6 is 0 Å². The quantitative estimate of drug-likeness (QED) is 0.884. The largest absolute Gasteiger partial charge is 0.444 e. The normalized spacial score (nSPS) is 10.8. The van der Waals surface area contributed by atoms with Crippen molar-refractivity contribution in [2.24, 2.45) is 0 Å². The molecular formula is C14H17FN2O. The highest BCUT2D eigenvalue weighted by atomic mass is 19.1. The van der Waals surface area contributed by atoms with Gasteiger partial charge in [-0.3, -0.25) is 0 Å². The van der Waals surface area contributed by atoms with Crippen molar-refractivity contribution in [3.63, 3.8) is 0 Å². The second-order valence-corrected chi connectivity index (χ2v) is 4.26. The molecule has 96 valence electrons. The van der Waals surface area contributed by atoms with Crippen molar-refractivity contribution in [2.45, 2.75) is 33.4 Å². The zero-order valence-electron chi connectivity index (χ0n) is 10.7. The van der Waals surface area contributed by atoms with Crippen LogP contribution in [0.25, 0.3) is 0 Å². The molecule has 0 unspecified atom stereocenters. The highest BCUT2D eigenvalue weighted by molar-refractivity contribution is 5.23. The first-order chi connectivity index (χ1) is 8.69. The Morgan fingerprint density at radius 3 is 2.83 bits per heavy atom. The van der Waals surface area contributed by atoms with E-state index in [9.17, 15) is 4.39 Å². The van der Waals surface area contributed by atoms with Gasteiger partial charge >= 0.3 is 0 Å². The number of nitrogens with zero attached hydrogens (tertiary/aromatic N) is 1. The minimum Gasteiger partial charge on any atom is -0.444 e. The topological polar surface area (TPSA) is 38.1 Å². The summed E-state index contributed by atoms with van der Waals surface area (Å²) in [5.41, 5.74) is 1.58. The molecule has 1 aromatic heterocycles. The monoisotopic (exact) mass is 248 g/mol. The van der Waals surface area contributed by atoms with Crippen LogP contribution in [0.5, 0.6) is 0 Å². The minimum absolute atomic E-state index is 0.168. The first-order valence-corrected chi connectivity index (χ1v) is 6.08. The first-order valence-electron chi connectivity index (χ1n) is 6.08. The summed E-state index contributed by atoms with van der Waals surface area (Å²) >= 11 is 0. The van der Waals surface area contributed by atoms with E-state index in [0.717, 1.165) is 17.7 Å². The number of hydrogen-bond acceptors (Lipinski definition) is 3. The molecule has 0 amide bonds. The lowest BCUT2D eigenvalue weighted by Crippen LogP contribution is -2.13. The Bertz CT molecular complexity index is 522. The predicted molar refractivity (Wildman–Crippen MR) is 67.6 cm³/mol. The Kier molecular flexibility index (Phi) is 4.10. The van der Waals surface area contributed by atoms with Crippen molar-refractivity contribution in [2.75, 3.05) is 0 Å². The van der Waals surface area contributed by atoms with E-state index in [-0.39, 0.29) is 5.82 Å². The molecule has 0 bridgehead atoms. The lowest BCUT2D eigenvalue weighted by Gasteiger charge is -2.04. The van der Waals surface area contributed by atoms with Crippen molar-refractivity contribution < 1.29 is 8.81 Å². The fourth-order valence-electron chi connectivity index (χ4n) is 1.65. The summed E-state index contributed by atoms with van der Waals surface area (Å²) in [6, 6.07) is 5.25. The summed E-state index contributed by atoms with van der Waals surface area (Å²) in [5.74, 6) is 1.38. The molecule has 0 atom stereocenters. The Balaban J connectivity index is 1.86. The van der Waals surface area contributed by atoms with Crippen LogP contribution in [0.2, 0.25) is 0 Å². The Morgan fingerprint density at radius 2 is 2.17 bits per heavy atom. The third-order valence-corrected chi connectivity index (χ3v) is 2.79. The molecule has 1 aromatic carbocycles. The van der Waals surface area contributed by atoms with E-state index in [4.69, 9.17) is 4.42 Å². The smallest absolute Gasteiger partial charge is 0.208 e. The van der Waals surface area contributed by atoms with Gasteiger partial charge < -0.3 is 9.73 Å². The molecule has 1 N–H and O–H groups in total. The molecule has 0 aliphatic heterocycles. The van der Waals surface area contributed by atoms with E-state index < -0.39 is 0 Å². The van der Waals surface area contributed by atoms with E-state index in [0.29, 0.717) is 24.5 Å². The third-order valence-electron chi connectivity index (χ3n) is 2.79. The van der Waals surface area contributed by atoms with E-state index in [1.807, 2.05) is 13.0 Å². The van der Waals surface area contributed by atoms with Crippen LogP contribution in [-0.4, -0.2) is 4.98 Å². The summed E-state index contributed by atoms with van der Waals surface area (Å²) in [5, 5.41) is 3.18. The fourth-order valence-corrected chi connectivity index (χ4v) is 1.65. The van der Waals surface area contributed by atoms with Crippen LogP contribution < -0.4 is 5.32 Å². The van der Waals surface area contributed by atoms with Crippen LogP contribution in [0.15, 0.2) is 28.8 Å². The number of aromatic nitrogens is 1. The minimum atomic E-state index is -0.168. The number of nitrogens with one attached hydrogen (secondary N) is 1. The standard InChI is InChI=1S/C14H17FN2O/c1-3-12-8-17-14(18-12)9-16-7-11-5-4-10(2)13(15)6-11/h4-6,8,16H,3,7,9H2,1-2H3. The van der Waals surface area contributed by atoms with Gasteiger partial charge in [-0.15, -0.1) is 0 Å². The van der Waals surface area contributed by atoms with Gasteiger partial charge in [0.15, 0.2) is 0 Å². The number of benzene rings is 1. The van der Waals surface area contributed by atoms with Crippen LogP contribution in [-0.2, 0) is 19.5 Å². The van der Waals surface area contributed by atoms with Crippen molar-refractivity contribution >= 4 is 0 Å². The zero-order valence-corrected chi connectivity index (χ0v) is 10.7. The lowest BCUT2D eigenvalue weighted by molar-refractivity contribution is 0.439. The van der Waals surface area contributed by atoms with Crippen LogP contribution in [0, 0.1) is 12.7 Å². The molecular weight excluding hydrogens is 231 g/mol. The summed E-state index contributed by atoms with van der Waals surface area (Å²) in [4.78, 5) is 4.15. The predicted octanol–water partition coefficient (Wildman–Crippen LogP) is 2.97. The highest BCUT2D eigenvalue weighted by Crippen LogP contribution is 2.09. The van der Waals surface area contributed by atoms with Gasteiger partial charge in [-0.2, -0.15) is 0 Å². The van der Waals surface area contributed by atoms with Gasteiger partial charge in [0, 0.05) is 13.0 Å². The maximum Gasteiger partial charge on any atom is 0.208 e. The van der Waals surface area contributed by atoms with Crippen LogP contribution in [0.1, 0.15) is 29.7 Å². The molecule has 0 spiro atoms. The molecule has 0 fully saturated rings. The molecule has 0 radical (unpaired) electrons. The van der Waals surface area contributed by atoms with E-state index in [1.165, 1.54) is 0 Å². The number of rotatable bonds is 5. The number of aryl methyl sites for hydroxylation is 2. The van der Waals surface area contributed by atoms with E-state index in [1.54, 1.807) is 25.3 Å². The molecule has 0 saturated heterocycles. The average molecular weight is 248 g/mol. The summed E-state index contributed by atoms with van der Waals surface area (Å²) in [6.07, 6.45) is 2.58. The number of oxazole rings is 1.